The highest BCUT2D eigenvalue weighted by Crippen LogP contribution is 2.25. The molecule has 0 bridgehead atoms. The summed E-state index contributed by atoms with van der Waals surface area (Å²) in [5.74, 6) is 0.956. The molecule has 0 unspecified atom stereocenters. The maximum Gasteiger partial charge on any atom is 0.200 e. The van der Waals surface area contributed by atoms with Crippen LogP contribution in [0.3, 0.4) is 0 Å². The first-order valence-electron chi connectivity index (χ1n) is 6.61. The van der Waals surface area contributed by atoms with E-state index < -0.39 is 0 Å². The highest BCUT2D eigenvalue weighted by molar-refractivity contribution is 7.71. The number of rotatable bonds is 2. The second kappa shape index (κ2) is 5.18. The molecule has 21 heavy (non-hydrogen) atoms. The molecule has 0 saturated heterocycles. The first-order valence-corrected chi connectivity index (χ1v) is 7.01. The van der Waals surface area contributed by atoms with Crippen LogP contribution in [-0.4, -0.2) is 19.9 Å². The minimum atomic E-state index is 0.228. The minimum absolute atomic E-state index is 0.228. The average molecular weight is 297 g/mol. The third-order valence-electron chi connectivity index (χ3n) is 3.39. The molecule has 0 aliphatic rings. The molecule has 3 rings (SSSR count). The number of aryl methyl sites for hydroxylation is 2. The molecule has 0 aliphatic carbocycles. The number of hydrogen-bond donors (Lipinski definition) is 2. The van der Waals surface area contributed by atoms with Gasteiger partial charge in [-0.1, -0.05) is 17.7 Å². The fourth-order valence-electron chi connectivity index (χ4n) is 2.38. The topological polar surface area (TPSA) is 53.8 Å². The Labute approximate surface area is 127 Å². The largest absolute Gasteiger partial charge is 0.508 e. The van der Waals surface area contributed by atoms with E-state index in [-0.39, 0.29) is 5.75 Å². The van der Waals surface area contributed by atoms with E-state index in [1.54, 1.807) is 12.1 Å². The van der Waals surface area contributed by atoms with E-state index in [1.165, 1.54) is 5.56 Å². The van der Waals surface area contributed by atoms with Gasteiger partial charge in [0.2, 0.25) is 0 Å². The number of aromatic hydroxyl groups is 1. The van der Waals surface area contributed by atoms with Crippen molar-refractivity contribution in [1.29, 1.82) is 0 Å². The fraction of sp³-hybridized carbons (Fsp3) is 0.125. The number of nitrogens with zero attached hydrogens (tertiary/aromatic N) is 2. The van der Waals surface area contributed by atoms with Gasteiger partial charge in [0.05, 0.1) is 5.69 Å². The van der Waals surface area contributed by atoms with Crippen molar-refractivity contribution in [2.24, 2.45) is 0 Å². The molecule has 0 spiro atoms. The second-order valence-corrected chi connectivity index (χ2v) is 5.41. The molecule has 0 amide bonds. The molecule has 0 atom stereocenters. The zero-order valence-corrected chi connectivity index (χ0v) is 12.6. The van der Waals surface area contributed by atoms with Crippen LogP contribution in [0.4, 0.5) is 0 Å². The average Bonchev–Trinajstić information content (AvgIpc) is 2.82. The molecule has 3 aromatic rings. The van der Waals surface area contributed by atoms with Crippen LogP contribution in [-0.2, 0) is 0 Å². The Morgan fingerprint density at radius 1 is 1.10 bits per heavy atom. The van der Waals surface area contributed by atoms with Crippen molar-refractivity contribution >= 4 is 12.2 Å². The van der Waals surface area contributed by atoms with Crippen LogP contribution in [0.15, 0.2) is 42.5 Å². The van der Waals surface area contributed by atoms with Crippen molar-refractivity contribution in [3.8, 4) is 22.8 Å². The van der Waals surface area contributed by atoms with Gasteiger partial charge in [-0.2, -0.15) is 5.10 Å². The van der Waals surface area contributed by atoms with E-state index in [0.29, 0.717) is 4.77 Å². The number of hydrogen-bond acceptors (Lipinski definition) is 3. The summed E-state index contributed by atoms with van der Waals surface area (Å²) in [6, 6.07) is 13.1. The lowest BCUT2D eigenvalue weighted by Gasteiger charge is -2.10. The van der Waals surface area contributed by atoms with Gasteiger partial charge in [0.15, 0.2) is 10.6 Å². The van der Waals surface area contributed by atoms with Crippen LogP contribution in [0.1, 0.15) is 11.1 Å². The van der Waals surface area contributed by atoms with Gasteiger partial charge in [-0.3, -0.25) is 9.67 Å². The number of phenols is 1. The van der Waals surface area contributed by atoms with Gasteiger partial charge in [-0.05, 0) is 62.0 Å². The Morgan fingerprint density at radius 3 is 2.48 bits per heavy atom. The van der Waals surface area contributed by atoms with Crippen LogP contribution < -0.4 is 0 Å². The highest BCUT2D eigenvalue weighted by atomic mass is 32.1. The standard InChI is InChI=1S/C16H15N3OS/c1-10-3-8-14(11(2)9-10)19-15(17-18-16(19)21)12-4-6-13(20)7-5-12/h3-9,20H,1-2H3,(H,18,21). The van der Waals surface area contributed by atoms with Gasteiger partial charge in [0.1, 0.15) is 5.75 Å². The first-order chi connectivity index (χ1) is 10.1. The van der Waals surface area contributed by atoms with Gasteiger partial charge < -0.3 is 5.11 Å². The predicted molar refractivity (Wildman–Crippen MR) is 85.3 cm³/mol. The zero-order chi connectivity index (χ0) is 15.0. The molecular weight excluding hydrogens is 282 g/mol. The van der Waals surface area contributed by atoms with Crippen molar-refractivity contribution in [2.75, 3.05) is 0 Å². The number of phenolic OH excluding ortho intramolecular Hbond substituents is 1. The van der Waals surface area contributed by atoms with E-state index in [0.717, 1.165) is 22.6 Å². The van der Waals surface area contributed by atoms with Crippen molar-refractivity contribution in [3.05, 3.63) is 58.4 Å². The predicted octanol–water partition coefficient (Wildman–Crippen LogP) is 3.92. The maximum atomic E-state index is 9.41. The summed E-state index contributed by atoms with van der Waals surface area (Å²) in [5.41, 5.74) is 4.23. The molecule has 5 heteroatoms. The zero-order valence-electron chi connectivity index (χ0n) is 11.8. The smallest absolute Gasteiger partial charge is 0.200 e. The SMILES string of the molecule is Cc1ccc(-n2c(-c3ccc(O)cc3)n[nH]c2=S)c(C)c1. The van der Waals surface area contributed by atoms with E-state index in [9.17, 15) is 5.11 Å². The van der Waals surface area contributed by atoms with Crippen molar-refractivity contribution in [2.45, 2.75) is 13.8 Å². The van der Waals surface area contributed by atoms with Crippen molar-refractivity contribution in [1.82, 2.24) is 14.8 Å². The summed E-state index contributed by atoms with van der Waals surface area (Å²) in [4.78, 5) is 0. The Bertz CT molecular complexity index is 847. The molecule has 4 nitrogen and oxygen atoms in total. The Balaban J connectivity index is 2.22. The van der Waals surface area contributed by atoms with E-state index in [4.69, 9.17) is 12.2 Å². The van der Waals surface area contributed by atoms with Gasteiger partial charge in [0, 0.05) is 5.56 Å². The van der Waals surface area contributed by atoms with E-state index in [2.05, 4.69) is 36.2 Å². The normalized spacial score (nSPS) is 10.8. The Hall–Kier alpha value is -2.40. The van der Waals surface area contributed by atoms with Gasteiger partial charge in [0.25, 0.3) is 0 Å². The highest BCUT2D eigenvalue weighted by Gasteiger charge is 2.12. The summed E-state index contributed by atoms with van der Waals surface area (Å²) in [7, 11) is 0. The molecule has 106 valence electrons. The number of benzene rings is 2. The van der Waals surface area contributed by atoms with Crippen LogP contribution >= 0.6 is 12.2 Å². The van der Waals surface area contributed by atoms with Crippen LogP contribution in [0.5, 0.6) is 5.75 Å². The lowest BCUT2D eigenvalue weighted by molar-refractivity contribution is 0.475. The quantitative estimate of drug-likeness (QED) is 0.705. The molecule has 2 aromatic carbocycles. The van der Waals surface area contributed by atoms with E-state index in [1.807, 2.05) is 22.8 Å². The third-order valence-corrected chi connectivity index (χ3v) is 3.66. The maximum absolute atomic E-state index is 9.41. The van der Waals surface area contributed by atoms with Crippen LogP contribution in [0.2, 0.25) is 0 Å². The molecule has 1 aromatic heterocycles. The summed E-state index contributed by atoms with van der Waals surface area (Å²) >= 11 is 5.37. The molecule has 0 radical (unpaired) electrons. The first kappa shape index (κ1) is 13.6. The number of nitrogens with one attached hydrogen (secondary N) is 1. The Morgan fingerprint density at radius 2 is 1.81 bits per heavy atom. The molecular formula is C16H15N3OS. The summed E-state index contributed by atoms with van der Waals surface area (Å²) in [5, 5.41) is 16.6. The van der Waals surface area contributed by atoms with Gasteiger partial charge in [-0.25, -0.2) is 0 Å². The van der Waals surface area contributed by atoms with Crippen LogP contribution in [0.25, 0.3) is 17.1 Å². The van der Waals surface area contributed by atoms with Gasteiger partial charge in [-0.15, -0.1) is 0 Å². The minimum Gasteiger partial charge on any atom is -0.508 e. The third kappa shape index (κ3) is 2.48. The lowest BCUT2D eigenvalue weighted by atomic mass is 10.1. The summed E-state index contributed by atoms with van der Waals surface area (Å²) in [6.45, 7) is 4.12. The molecule has 1 heterocycles. The second-order valence-electron chi connectivity index (χ2n) is 5.02. The van der Waals surface area contributed by atoms with E-state index >= 15 is 0 Å². The monoisotopic (exact) mass is 297 g/mol. The van der Waals surface area contributed by atoms with Crippen molar-refractivity contribution < 1.29 is 5.11 Å². The molecule has 0 saturated carbocycles. The summed E-state index contributed by atoms with van der Waals surface area (Å²) < 4.78 is 2.46. The molecule has 0 aliphatic heterocycles. The number of aromatic amines is 1. The fourth-order valence-corrected chi connectivity index (χ4v) is 2.61. The summed E-state index contributed by atoms with van der Waals surface area (Å²) in [6.07, 6.45) is 0. The van der Waals surface area contributed by atoms with Gasteiger partial charge >= 0.3 is 0 Å². The van der Waals surface area contributed by atoms with Crippen LogP contribution in [0, 0.1) is 18.6 Å². The number of aromatic nitrogens is 3. The number of H-pyrrole nitrogens is 1. The Kier molecular flexibility index (Phi) is 3.35. The molecule has 0 fully saturated rings. The lowest BCUT2D eigenvalue weighted by Crippen LogP contribution is -2.00. The molecule has 2 N–H and O–H groups in total. The van der Waals surface area contributed by atoms with Crippen molar-refractivity contribution in [3.63, 3.8) is 0 Å².